The molecule has 0 amide bonds. The molecule has 244 valence electrons. The number of hydrogen-bond donors (Lipinski definition) is 0. The van der Waals surface area contributed by atoms with E-state index in [-0.39, 0.29) is 17.3 Å². The van der Waals surface area contributed by atoms with Crippen molar-refractivity contribution >= 4 is 26.2 Å². The lowest BCUT2D eigenvalue weighted by Crippen LogP contribution is -2.44. The molecule has 44 heavy (non-hydrogen) atoms. The van der Waals surface area contributed by atoms with Gasteiger partial charge >= 0.3 is 8.80 Å². The number of carbonyl (C=O) groups excluding carboxylic acids is 3. The van der Waals surface area contributed by atoms with Crippen molar-refractivity contribution in [2.45, 2.75) is 125 Å². The van der Waals surface area contributed by atoms with Crippen molar-refractivity contribution in [1.82, 2.24) is 0 Å². The molecule has 0 spiro atoms. The molecule has 0 saturated heterocycles. The summed E-state index contributed by atoms with van der Waals surface area (Å²) in [6, 6.07) is 9.13. The SMILES string of the molecule is CCCC1CCCC(c2ccc(OCCCCCC[Si](OC(C)=CC(C)=O)(OC(C)=CC(C)=O)OC(C)=CC(C)=O)cc2)C1. The third-order valence-electron chi connectivity index (χ3n) is 7.65. The van der Waals surface area contributed by atoms with Crippen LogP contribution in [0.4, 0.5) is 0 Å². The highest BCUT2D eigenvalue weighted by Crippen LogP contribution is 2.38. The lowest BCUT2D eigenvalue weighted by atomic mass is 9.76. The van der Waals surface area contributed by atoms with Crippen LogP contribution in [0.3, 0.4) is 0 Å². The minimum Gasteiger partial charge on any atom is -0.494 e. The Balaban J connectivity index is 1.95. The van der Waals surface area contributed by atoms with Gasteiger partial charge in [-0.05, 0) is 96.8 Å². The van der Waals surface area contributed by atoms with Crippen molar-refractivity contribution in [2.75, 3.05) is 6.61 Å². The summed E-state index contributed by atoms with van der Waals surface area (Å²) in [4.78, 5) is 35.1. The molecule has 1 aromatic rings. The van der Waals surface area contributed by atoms with Crippen LogP contribution < -0.4 is 4.74 Å². The normalized spacial score (nSPS) is 19.1. The summed E-state index contributed by atoms with van der Waals surface area (Å²) < 4.78 is 24.7. The molecule has 2 rings (SSSR count). The van der Waals surface area contributed by atoms with Crippen LogP contribution in [0.5, 0.6) is 5.75 Å². The number of hydrogen-bond acceptors (Lipinski definition) is 7. The molecule has 0 radical (unpaired) electrons. The fourth-order valence-corrected chi connectivity index (χ4v) is 8.75. The van der Waals surface area contributed by atoms with Gasteiger partial charge in [0.1, 0.15) is 5.75 Å². The summed E-state index contributed by atoms with van der Waals surface area (Å²) in [6.45, 7) is 12.3. The number of ether oxygens (including phenoxy) is 1. The fraction of sp³-hybridized carbons (Fsp3) is 0.583. The Morgan fingerprint density at radius 2 is 1.27 bits per heavy atom. The highest BCUT2D eigenvalue weighted by atomic mass is 28.4. The molecular weight excluding hydrogens is 572 g/mol. The monoisotopic (exact) mass is 626 g/mol. The Bertz CT molecular complexity index is 1080. The van der Waals surface area contributed by atoms with E-state index in [9.17, 15) is 14.4 Å². The zero-order chi connectivity index (χ0) is 32.5. The second-order valence-corrected chi connectivity index (χ2v) is 14.7. The summed E-state index contributed by atoms with van der Waals surface area (Å²) in [5.41, 5.74) is 1.44. The minimum absolute atomic E-state index is 0.165. The van der Waals surface area contributed by atoms with E-state index in [1.165, 1.54) is 83.1 Å². The zero-order valence-corrected chi connectivity index (χ0v) is 29.0. The average molecular weight is 627 g/mol. The molecule has 0 heterocycles. The standard InChI is InChI=1S/C36H54O7Si/c1-8-14-33-15-13-16-35(26-33)34-17-19-36(20-18-34)40-21-11-9-10-12-22-44(41-30(5)23-27(2)37,42-31(6)24-28(3)38)43-32(7)25-29(4)39/h17-20,23-25,33,35H,8-16,21-22,26H2,1-7H3. The molecule has 2 unspecified atom stereocenters. The molecular formula is C36H54O7Si. The number of ketones is 3. The Morgan fingerprint density at radius 1 is 0.750 bits per heavy atom. The predicted octanol–water partition coefficient (Wildman–Crippen LogP) is 9.17. The summed E-state index contributed by atoms with van der Waals surface area (Å²) in [5, 5.41) is 0. The first kappa shape index (κ1) is 37.1. The molecule has 1 aliphatic carbocycles. The topological polar surface area (TPSA) is 88.1 Å². The first-order chi connectivity index (χ1) is 20.9. The molecule has 0 aromatic heterocycles. The predicted molar refractivity (Wildman–Crippen MR) is 177 cm³/mol. The van der Waals surface area contributed by atoms with Gasteiger partial charge in [-0.15, -0.1) is 0 Å². The first-order valence-electron chi connectivity index (χ1n) is 16.3. The maximum Gasteiger partial charge on any atom is 0.698 e. The second-order valence-electron chi connectivity index (χ2n) is 12.2. The van der Waals surface area contributed by atoms with Crippen LogP contribution in [0.1, 0.15) is 124 Å². The van der Waals surface area contributed by atoms with Crippen LogP contribution in [-0.4, -0.2) is 32.8 Å². The number of rotatable bonds is 20. The van der Waals surface area contributed by atoms with E-state index in [1.54, 1.807) is 20.8 Å². The third kappa shape index (κ3) is 14.6. The van der Waals surface area contributed by atoms with E-state index in [4.69, 9.17) is 18.0 Å². The lowest BCUT2D eigenvalue weighted by molar-refractivity contribution is -0.113. The van der Waals surface area contributed by atoms with Crippen LogP contribution in [0.15, 0.2) is 59.8 Å². The fourth-order valence-electron chi connectivity index (χ4n) is 5.99. The molecule has 1 aliphatic rings. The lowest BCUT2D eigenvalue weighted by Gasteiger charge is -2.31. The number of unbranched alkanes of at least 4 members (excludes halogenated alkanes) is 3. The van der Waals surface area contributed by atoms with Gasteiger partial charge in [-0.3, -0.25) is 14.4 Å². The number of carbonyl (C=O) groups is 3. The average Bonchev–Trinajstić information content (AvgIpc) is 2.91. The summed E-state index contributed by atoms with van der Waals surface area (Å²) in [5.74, 6) is 3.04. The molecule has 8 heteroatoms. The van der Waals surface area contributed by atoms with Gasteiger partial charge < -0.3 is 18.0 Å². The summed E-state index contributed by atoms with van der Waals surface area (Å²) in [6.07, 6.45) is 15.5. The molecule has 0 aliphatic heterocycles. The van der Waals surface area contributed by atoms with Crippen molar-refractivity contribution in [3.05, 3.63) is 65.3 Å². The van der Waals surface area contributed by atoms with E-state index in [2.05, 4.69) is 31.2 Å². The Hall–Kier alpha value is -3.13. The number of allylic oxidation sites excluding steroid dienone is 6. The van der Waals surface area contributed by atoms with E-state index in [0.29, 0.717) is 35.8 Å². The van der Waals surface area contributed by atoms with Gasteiger partial charge in [-0.25, -0.2) is 0 Å². The Labute approximate surface area is 266 Å². The molecule has 0 bridgehead atoms. The molecule has 2 atom stereocenters. The maximum atomic E-state index is 11.7. The van der Waals surface area contributed by atoms with Crippen LogP contribution in [0.25, 0.3) is 0 Å². The van der Waals surface area contributed by atoms with Gasteiger partial charge in [0, 0.05) is 18.2 Å². The molecule has 1 aromatic carbocycles. The van der Waals surface area contributed by atoms with Gasteiger partial charge in [0.2, 0.25) is 0 Å². The highest BCUT2D eigenvalue weighted by Gasteiger charge is 2.48. The quantitative estimate of drug-likeness (QED) is 0.0617. The van der Waals surface area contributed by atoms with E-state index < -0.39 is 8.80 Å². The van der Waals surface area contributed by atoms with E-state index >= 15 is 0 Å². The van der Waals surface area contributed by atoms with Crippen molar-refractivity contribution in [3.63, 3.8) is 0 Å². The van der Waals surface area contributed by atoms with Gasteiger partial charge in [-0.1, -0.05) is 57.6 Å². The minimum atomic E-state index is -3.53. The number of benzene rings is 1. The zero-order valence-electron chi connectivity index (χ0n) is 28.0. The Morgan fingerprint density at radius 3 is 1.77 bits per heavy atom. The van der Waals surface area contributed by atoms with Crippen LogP contribution in [0, 0.1) is 5.92 Å². The van der Waals surface area contributed by atoms with Gasteiger partial charge in [0.25, 0.3) is 0 Å². The van der Waals surface area contributed by atoms with Gasteiger partial charge in [0.15, 0.2) is 17.3 Å². The smallest absolute Gasteiger partial charge is 0.494 e. The maximum absolute atomic E-state index is 11.7. The summed E-state index contributed by atoms with van der Waals surface area (Å²) >= 11 is 0. The summed E-state index contributed by atoms with van der Waals surface area (Å²) in [7, 11) is -3.53. The Kier molecular flexibility index (Phi) is 16.3. The van der Waals surface area contributed by atoms with Crippen molar-refractivity contribution in [1.29, 1.82) is 0 Å². The molecule has 1 saturated carbocycles. The van der Waals surface area contributed by atoms with Crippen LogP contribution in [-0.2, 0) is 27.7 Å². The third-order valence-corrected chi connectivity index (χ3v) is 10.5. The van der Waals surface area contributed by atoms with Crippen molar-refractivity contribution < 1.29 is 32.4 Å². The van der Waals surface area contributed by atoms with Crippen LogP contribution >= 0.6 is 0 Å². The molecule has 0 N–H and O–H groups in total. The van der Waals surface area contributed by atoms with Crippen LogP contribution in [0.2, 0.25) is 6.04 Å². The first-order valence-corrected chi connectivity index (χ1v) is 18.2. The van der Waals surface area contributed by atoms with E-state index in [1.807, 2.05) is 0 Å². The van der Waals surface area contributed by atoms with Crippen molar-refractivity contribution in [3.8, 4) is 5.75 Å². The molecule has 1 fully saturated rings. The van der Waals surface area contributed by atoms with Gasteiger partial charge in [-0.2, -0.15) is 0 Å². The highest BCUT2D eigenvalue weighted by molar-refractivity contribution is 6.61. The van der Waals surface area contributed by atoms with Crippen molar-refractivity contribution in [2.24, 2.45) is 5.92 Å². The van der Waals surface area contributed by atoms with E-state index in [0.717, 1.165) is 37.4 Å². The van der Waals surface area contributed by atoms with Gasteiger partial charge in [0.05, 0.1) is 29.9 Å². The molecule has 7 nitrogen and oxygen atoms in total. The second kappa shape index (κ2) is 19.3. The largest absolute Gasteiger partial charge is 0.698 e.